The fraction of sp³-hybridized carbons (Fsp3) is 0.189. The van der Waals surface area contributed by atoms with Crippen molar-refractivity contribution in [2.45, 2.75) is 12.8 Å². The van der Waals surface area contributed by atoms with Crippen LogP contribution in [0.2, 0.25) is 0 Å². The van der Waals surface area contributed by atoms with Crippen LogP contribution in [0, 0.1) is 11.7 Å². The minimum atomic E-state index is -1.40. The van der Waals surface area contributed by atoms with E-state index in [4.69, 9.17) is 4.74 Å². The third-order valence-electron chi connectivity index (χ3n) is 6.65. The van der Waals surface area contributed by atoms with Crippen molar-refractivity contribution in [3.05, 3.63) is 133 Å². The third-order valence-corrected chi connectivity index (χ3v) is 6.65. The van der Waals surface area contributed by atoms with Crippen molar-refractivity contribution in [2.75, 3.05) is 34.8 Å². The molecule has 202 valence electrons. The second kappa shape index (κ2) is 13.7. The van der Waals surface area contributed by atoms with Crippen LogP contribution in [-0.2, 0) is 0 Å². The van der Waals surface area contributed by atoms with Gasteiger partial charge in [0.15, 0.2) is 0 Å². The first-order valence-electron chi connectivity index (χ1n) is 14.1. The summed E-state index contributed by atoms with van der Waals surface area (Å²) in [5.74, 6) is 8.21. The van der Waals surface area contributed by atoms with Crippen molar-refractivity contribution in [3.8, 4) is 17.5 Å². The Hall–Kier alpha value is -4.26. The molecule has 0 aliphatic carbocycles. The first-order valence-corrected chi connectivity index (χ1v) is 14.1. The highest BCUT2D eigenvalue weighted by Crippen LogP contribution is 2.20. The fourth-order valence-corrected chi connectivity index (χ4v) is 4.89. The number of hydrogen-bond donors (Lipinski definition) is 0. The van der Waals surface area contributed by atoms with Gasteiger partial charge in [0.2, 0.25) is 0 Å². The summed E-state index contributed by atoms with van der Waals surface area (Å²) in [6, 6.07) is 46.7. The molecular weight excluding hydrogens is 485 g/mol. The number of benzene rings is 5. The summed E-state index contributed by atoms with van der Waals surface area (Å²) in [6.45, 7) is 0.648. The number of rotatable bonds is 7. The Morgan fingerprint density at radius 3 is 1.52 bits per heavy atom. The summed E-state index contributed by atoms with van der Waals surface area (Å²) < 4.78 is 7.04. The lowest BCUT2D eigenvalue weighted by atomic mass is 9.16. The predicted molar refractivity (Wildman–Crippen MR) is 174 cm³/mol. The predicted octanol–water partition coefficient (Wildman–Crippen LogP) is 6.03. The maximum Gasteiger partial charge on any atom is 0.149 e. The topological polar surface area (TPSA) is 9.23 Å². The minimum Gasteiger partial charge on any atom is -0.494 e. The lowest BCUT2D eigenvalue weighted by Gasteiger charge is -2.38. The molecule has 0 aliphatic rings. The molecule has 0 saturated heterocycles. The summed E-state index contributed by atoms with van der Waals surface area (Å²) in [6.07, 6.45) is 0.256. The molecule has 0 spiro atoms. The Morgan fingerprint density at radius 1 is 0.575 bits per heavy atom. The zero-order chi connectivity index (χ0) is 28.3. The summed E-state index contributed by atoms with van der Waals surface area (Å²) in [7, 11) is 8.50. The summed E-state index contributed by atoms with van der Waals surface area (Å²) in [4.78, 5) is 0. The number of nitrogens with zero attached hydrogens (tertiary/aromatic N) is 1. The van der Waals surface area contributed by atoms with Crippen LogP contribution in [0.3, 0.4) is 0 Å². The maximum atomic E-state index is 6.04. The van der Waals surface area contributed by atoms with E-state index < -0.39 is 6.15 Å². The molecule has 40 heavy (non-hydrogen) atoms. The second-order valence-electron chi connectivity index (χ2n) is 11.6. The van der Waals surface area contributed by atoms with Gasteiger partial charge in [-0.3, -0.25) is 5.82 Å². The molecule has 0 aliphatic heterocycles. The molecule has 0 aromatic heterocycles. The van der Waals surface area contributed by atoms with Gasteiger partial charge in [0, 0.05) is 6.42 Å². The Bertz CT molecular complexity index is 1430. The average molecular weight is 526 g/mol. The number of unbranched alkanes of at least 4 members (excludes halogenated alkanes) is 1. The molecule has 5 rings (SSSR count). The van der Waals surface area contributed by atoms with E-state index in [1.54, 1.807) is 0 Å². The van der Waals surface area contributed by atoms with Crippen molar-refractivity contribution in [1.29, 1.82) is 0 Å². The highest BCUT2D eigenvalue weighted by Gasteiger charge is 2.27. The summed E-state index contributed by atoms with van der Waals surface area (Å²) in [5, 5.41) is 2.43. The number of fused-ring (bicyclic) bond motifs is 1. The second-order valence-corrected chi connectivity index (χ2v) is 11.6. The van der Waals surface area contributed by atoms with Gasteiger partial charge in [-0.05, 0) is 29.3 Å². The molecule has 0 saturated carbocycles. The lowest BCUT2D eigenvalue weighted by Crippen LogP contribution is -2.66. The highest BCUT2D eigenvalue weighted by atomic mass is 16.5. The molecule has 2 nitrogen and oxygen atoms in total. The maximum absolute atomic E-state index is 6.04. The van der Waals surface area contributed by atoms with Gasteiger partial charge >= 0.3 is 0 Å². The van der Waals surface area contributed by atoms with E-state index in [1.165, 1.54) is 27.2 Å². The summed E-state index contributed by atoms with van der Waals surface area (Å²) >= 11 is 0. The van der Waals surface area contributed by atoms with Crippen LogP contribution in [-0.4, -0.2) is 45.4 Å². The quantitative estimate of drug-likeness (QED) is 0.109. The van der Waals surface area contributed by atoms with Gasteiger partial charge in [0.05, 0.1) is 34.8 Å². The Labute approximate surface area is 240 Å². The molecule has 0 bridgehead atoms. The Kier molecular flexibility index (Phi) is 9.84. The van der Waals surface area contributed by atoms with Crippen LogP contribution in [0.15, 0.2) is 133 Å². The van der Waals surface area contributed by atoms with Crippen molar-refractivity contribution < 1.29 is 9.22 Å². The summed E-state index contributed by atoms with van der Waals surface area (Å²) in [5.41, 5.74) is 3.72. The van der Waals surface area contributed by atoms with E-state index in [1.807, 2.05) is 6.07 Å². The van der Waals surface area contributed by atoms with Crippen LogP contribution in [0.4, 0.5) is 0 Å². The molecule has 0 heterocycles. The van der Waals surface area contributed by atoms with Crippen molar-refractivity contribution in [3.63, 3.8) is 0 Å². The van der Waals surface area contributed by atoms with Gasteiger partial charge in [0.25, 0.3) is 0 Å². The standard InChI is InChI=1S/C33H28BO.C4H12N/c1-5-17-30(18-6-1)34(31-19-7-2-8-20-31,32-21-9-3-10-22-32)25-13-4-14-26-35-33-24-23-28-15-11-12-16-29(28)27-33;1-5(2,3)4/h1-3,5-12,15-24,27H,4,14,26H2;1-4H3/q-1;+1. The normalized spacial score (nSPS) is 11.1. The first-order chi connectivity index (χ1) is 19.4. The number of quaternary nitrogens is 1. The largest absolute Gasteiger partial charge is 0.494 e. The smallest absolute Gasteiger partial charge is 0.149 e. The molecule has 3 heteroatoms. The van der Waals surface area contributed by atoms with E-state index in [0.717, 1.165) is 23.1 Å². The van der Waals surface area contributed by atoms with E-state index in [2.05, 4.69) is 167 Å². The fourth-order valence-electron chi connectivity index (χ4n) is 4.89. The molecule has 0 N–H and O–H groups in total. The van der Waals surface area contributed by atoms with Gasteiger partial charge in [0.1, 0.15) is 11.9 Å². The molecular formula is C37H40BNO. The minimum absolute atomic E-state index is 0.648. The van der Waals surface area contributed by atoms with E-state index in [-0.39, 0.29) is 0 Å². The average Bonchev–Trinajstić information content (AvgIpc) is 2.97. The number of hydrogen-bond acceptors (Lipinski definition) is 1. The monoisotopic (exact) mass is 525 g/mol. The van der Waals surface area contributed by atoms with Crippen LogP contribution >= 0.6 is 0 Å². The van der Waals surface area contributed by atoms with E-state index >= 15 is 0 Å². The molecule has 0 radical (unpaired) electrons. The van der Waals surface area contributed by atoms with Gasteiger partial charge in [-0.2, -0.15) is 16.4 Å². The van der Waals surface area contributed by atoms with E-state index in [0.29, 0.717) is 6.61 Å². The number of ether oxygens (including phenoxy) is 1. The van der Waals surface area contributed by atoms with Gasteiger partial charge in [-0.15, -0.1) is 5.92 Å². The Balaban J connectivity index is 0.000000681. The van der Waals surface area contributed by atoms with Crippen LogP contribution in [0.5, 0.6) is 5.75 Å². The molecule has 0 atom stereocenters. The molecule has 0 fully saturated rings. The van der Waals surface area contributed by atoms with Crippen molar-refractivity contribution in [1.82, 2.24) is 0 Å². The van der Waals surface area contributed by atoms with Crippen LogP contribution in [0.25, 0.3) is 10.8 Å². The van der Waals surface area contributed by atoms with E-state index in [9.17, 15) is 0 Å². The van der Waals surface area contributed by atoms with Crippen molar-refractivity contribution in [2.24, 2.45) is 0 Å². The molecule has 5 aromatic rings. The van der Waals surface area contributed by atoms with Gasteiger partial charge in [-0.1, -0.05) is 121 Å². The van der Waals surface area contributed by atoms with Gasteiger partial charge < -0.3 is 9.22 Å². The van der Waals surface area contributed by atoms with Crippen molar-refractivity contribution >= 4 is 33.3 Å². The van der Waals surface area contributed by atoms with Crippen LogP contribution < -0.4 is 21.1 Å². The molecule has 0 unspecified atom stereocenters. The SMILES string of the molecule is C(#C[B-](c1ccccc1)(c1ccccc1)c1ccccc1)CCCOc1ccc2ccccc2c1.C[N+](C)(C)C. The third kappa shape index (κ3) is 7.88. The zero-order valence-corrected chi connectivity index (χ0v) is 24.3. The zero-order valence-electron chi connectivity index (χ0n) is 24.3. The van der Waals surface area contributed by atoms with Gasteiger partial charge in [-0.25, -0.2) is 0 Å². The highest BCUT2D eigenvalue weighted by molar-refractivity contribution is 7.16. The Morgan fingerprint density at radius 2 is 1.02 bits per heavy atom. The first kappa shape index (κ1) is 28.7. The molecule has 5 aromatic carbocycles. The molecule has 0 amide bonds. The van der Waals surface area contributed by atoms with Crippen LogP contribution in [0.1, 0.15) is 12.8 Å². The lowest BCUT2D eigenvalue weighted by molar-refractivity contribution is -0.849.